The van der Waals surface area contributed by atoms with Crippen molar-refractivity contribution in [1.29, 1.82) is 0 Å². The second kappa shape index (κ2) is 8.54. The number of aromatic hydroxyl groups is 1. The minimum atomic E-state index is -0.0870. The van der Waals surface area contributed by atoms with Gasteiger partial charge in [0.05, 0.1) is 0 Å². The summed E-state index contributed by atoms with van der Waals surface area (Å²) in [6, 6.07) is 6.42. The molecule has 2 saturated heterocycles. The van der Waals surface area contributed by atoms with E-state index >= 15 is 0 Å². The number of nitrogens with zero attached hydrogens (tertiary/aromatic N) is 2. The lowest BCUT2D eigenvalue weighted by atomic mass is 9.84. The highest BCUT2D eigenvalue weighted by molar-refractivity contribution is 5.94. The van der Waals surface area contributed by atoms with Gasteiger partial charge in [-0.3, -0.25) is 9.59 Å². The van der Waals surface area contributed by atoms with E-state index in [-0.39, 0.29) is 17.6 Å². The predicted octanol–water partition coefficient (Wildman–Crippen LogP) is 1.70. The Hall–Kier alpha value is -2.08. The standard InChI is InChI=1S/C20H29N3O3/c1-15(16-5-7-21-8-6-16)13-19(25)22-9-11-23(12-10-22)20(26)17-3-2-4-18(24)14-17/h2-4,14-16,21,24H,5-13H2,1H3. The molecule has 1 aromatic carbocycles. The maximum atomic E-state index is 12.6. The highest BCUT2D eigenvalue weighted by atomic mass is 16.3. The fraction of sp³-hybridized carbons (Fsp3) is 0.600. The van der Waals surface area contributed by atoms with Crippen molar-refractivity contribution in [3.63, 3.8) is 0 Å². The molecule has 1 unspecified atom stereocenters. The predicted molar refractivity (Wildman–Crippen MR) is 100.0 cm³/mol. The van der Waals surface area contributed by atoms with E-state index in [1.54, 1.807) is 23.1 Å². The van der Waals surface area contributed by atoms with Gasteiger partial charge in [-0.05, 0) is 56.0 Å². The smallest absolute Gasteiger partial charge is 0.254 e. The molecule has 0 bridgehead atoms. The molecule has 0 aliphatic carbocycles. The lowest BCUT2D eigenvalue weighted by molar-refractivity contribution is -0.134. The Morgan fingerprint density at radius 3 is 2.46 bits per heavy atom. The topological polar surface area (TPSA) is 72.9 Å². The second-order valence-corrected chi connectivity index (χ2v) is 7.49. The van der Waals surface area contributed by atoms with Crippen molar-refractivity contribution in [3.8, 4) is 5.75 Å². The van der Waals surface area contributed by atoms with E-state index in [1.807, 2.05) is 4.90 Å². The van der Waals surface area contributed by atoms with Crippen LogP contribution in [-0.4, -0.2) is 66.0 Å². The van der Waals surface area contributed by atoms with Gasteiger partial charge in [0, 0.05) is 38.2 Å². The first kappa shape index (κ1) is 18.7. The van der Waals surface area contributed by atoms with Crippen molar-refractivity contribution in [2.45, 2.75) is 26.2 Å². The Bertz CT molecular complexity index is 635. The summed E-state index contributed by atoms with van der Waals surface area (Å²) >= 11 is 0. The summed E-state index contributed by atoms with van der Waals surface area (Å²) in [7, 11) is 0. The van der Waals surface area contributed by atoms with Gasteiger partial charge in [-0.2, -0.15) is 0 Å². The average Bonchev–Trinajstić information content (AvgIpc) is 2.68. The molecule has 0 aromatic heterocycles. The Morgan fingerprint density at radius 2 is 1.81 bits per heavy atom. The zero-order valence-electron chi connectivity index (χ0n) is 15.5. The fourth-order valence-corrected chi connectivity index (χ4v) is 3.96. The van der Waals surface area contributed by atoms with E-state index in [4.69, 9.17) is 0 Å². The molecule has 142 valence electrons. The molecule has 0 radical (unpaired) electrons. The lowest BCUT2D eigenvalue weighted by Gasteiger charge is -2.36. The van der Waals surface area contributed by atoms with Gasteiger partial charge in [-0.25, -0.2) is 0 Å². The van der Waals surface area contributed by atoms with Crippen LogP contribution in [0, 0.1) is 11.8 Å². The molecule has 2 aliphatic rings. The number of carbonyl (C=O) groups excluding carboxylic acids is 2. The molecule has 1 aromatic rings. The Balaban J connectivity index is 1.48. The van der Waals surface area contributed by atoms with Crippen LogP contribution in [0.2, 0.25) is 0 Å². The molecule has 1 atom stereocenters. The molecule has 6 heteroatoms. The molecule has 6 nitrogen and oxygen atoms in total. The highest BCUT2D eigenvalue weighted by Gasteiger charge is 2.28. The number of carbonyl (C=O) groups is 2. The Labute approximate surface area is 155 Å². The van der Waals surface area contributed by atoms with Crippen LogP contribution in [0.25, 0.3) is 0 Å². The quantitative estimate of drug-likeness (QED) is 0.858. The molecular weight excluding hydrogens is 330 g/mol. The summed E-state index contributed by atoms with van der Waals surface area (Å²) in [5, 5.41) is 12.9. The maximum absolute atomic E-state index is 12.6. The van der Waals surface area contributed by atoms with Crippen LogP contribution in [0.5, 0.6) is 5.75 Å². The van der Waals surface area contributed by atoms with Crippen LogP contribution < -0.4 is 5.32 Å². The number of rotatable bonds is 4. The van der Waals surface area contributed by atoms with Gasteiger partial charge < -0.3 is 20.2 Å². The van der Waals surface area contributed by atoms with Crippen LogP contribution in [-0.2, 0) is 4.79 Å². The maximum Gasteiger partial charge on any atom is 0.254 e. The first-order valence-electron chi connectivity index (χ1n) is 9.61. The van der Waals surface area contributed by atoms with Crippen LogP contribution in [0.15, 0.2) is 24.3 Å². The van der Waals surface area contributed by atoms with Crippen LogP contribution in [0.1, 0.15) is 36.5 Å². The monoisotopic (exact) mass is 359 g/mol. The van der Waals surface area contributed by atoms with Gasteiger partial charge in [0.2, 0.25) is 5.91 Å². The summed E-state index contributed by atoms with van der Waals surface area (Å²) in [5.41, 5.74) is 0.490. The molecule has 26 heavy (non-hydrogen) atoms. The zero-order chi connectivity index (χ0) is 18.5. The molecule has 0 saturated carbocycles. The molecule has 2 heterocycles. The average molecular weight is 359 g/mol. The summed E-state index contributed by atoms with van der Waals surface area (Å²) in [6.07, 6.45) is 2.91. The lowest BCUT2D eigenvalue weighted by Crippen LogP contribution is -2.51. The van der Waals surface area contributed by atoms with Gasteiger partial charge in [0.25, 0.3) is 5.91 Å². The first-order chi connectivity index (χ1) is 12.5. The van der Waals surface area contributed by atoms with Gasteiger partial charge in [0.15, 0.2) is 0 Å². The molecule has 3 rings (SSSR count). The van der Waals surface area contributed by atoms with E-state index < -0.39 is 0 Å². The van der Waals surface area contributed by atoms with Crippen molar-refractivity contribution in [1.82, 2.24) is 15.1 Å². The van der Waals surface area contributed by atoms with E-state index in [0.29, 0.717) is 50.0 Å². The molecule has 0 spiro atoms. The van der Waals surface area contributed by atoms with Crippen molar-refractivity contribution in [2.75, 3.05) is 39.3 Å². The third-order valence-corrected chi connectivity index (χ3v) is 5.70. The number of benzene rings is 1. The third-order valence-electron chi connectivity index (χ3n) is 5.70. The number of amides is 2. The van der Waals surface area contributed by atoms with Crippen molar-refractivity contribution < 1.29 is 14.7 Å². The molecule has 2 N–H and O–H groups in total. The normalized spacial score (nSPS) is 20.0. The van der Waals surface area contributed by atoms with Crippen molar-refractivity contribution in [2.24, 2.45) is 11.8 Å². The van der Waals surface area contributed by atoms with Gasteiger partial charge >= 0.3 is 0 Å². The number of nitrogens with one attached hydrogen (secondary N) is 1. The summed E-state index contributed by atoms with van der Waals surface area (Å²) in [4.78, 5) is 28.8. The Kier molecular flexibility index (Phi) is 6.14. The SMILES string of the molecule is CC(CC(=O)N1CCN(C(=O)c2cccc(O)c2)CC1)C1CCNCC1. The van der Waals surface area contributed by atoms with E-state index in [2.05, 4.69) is 12.2 Å². The molecule has 2 fully saturated rings. The minimum Gasteiger partial charge on any atom is -0.508 e. The van der Waals surface area contributed by atoms with E-state index in [0.717, 1.165) is 25.9 Å². The van der Waals surface area contributed by atoms with Crippen LogP contribution in [0.3, 0.4) is 0 Å². The van der Waals surface area contributed by atoms with Gasteiger partial charge in [-0.15, -0.1) is 0 Å². The van der Waals surface area contributed by atoms with Crippen LogP contribution >= 0.6 is 0 Å². The van der Waals surface area contributed by atoms with E-state index in [9.17, 15) is 14.7 Å². The Morgan fingerprint density at radius 1 is 1.15 bits per heavy atom. The fourth-order valence-electron chi connectivity index (χ4n) is 3.96. The van der Waals surface area contributed by atoms with Crippen LogP contribution in [0.4, 0.5) is 0 Å². The molecule has 2 amide bonds. The van der Waals surface area contributed by atoms with Gasteiger partial charge in [0.1, 0.15) is 5.75 Å². The summed E-state index contributed by atoms with van der Waals surface area (Å²) in [6.45, 7) is 6.56. The third kappa shape index (κ3) is 4.55. The highest BCUT2D eigenvalue weighted by Crippen LogP contribution is 2.25. The van der Waals surface area contributed by atoms with Crippen molar-refractivity contribution >= 4 is 11.8 Å². The molecular formula is C20H29N3O3. The number of piperazine rings is 1. The molecule has 2 aliphatic heterocycles. The number of piperidine rings is 1. The largest absolute Gasteiger partial charge is 0.508 e. The number of phenolic OH excluding ortho intramolecular Hbond substituents is 1. The number of hydrogen-bond donors (Lipinski definition) is 2. The second-order valence-electron chi connectivity index (χ2n) is 7.49. The zero-order valence-corrected chi connectivity index (χ0v) is 15.5. The van der Waals surface area contributed by atoms with Gasteiger partial charge in [-0.1, -0.05) is 13.0 Å². The first-order valence-corrected chi connectivity index (χ1v) is 9.61. The summed E-state index contributed by atoms with van der Waals surface area (Å²) in [5.74, 6) is 1.26. The summed E-state index contributed by atoms with van der Waals surface area (Å²) < 4.78 is 0. The number of hydrogen-bond acceptors (Lipinski definition) is 4. The number of phenols is 1. The van der Waals surface area contributed by atoms with Crippen molar-refractivity contribution in [3.05, 3.63) is 29.8 Å². The minimum absolute atomic E-state index is 0.0870. The van der Waals surface area contributed by atoms with E-state index in [1.165, 1.54) is 6.07 Å².